The van der Waals surface area contributed by atoms with Crippen LogP contribution in [0.3, 0.4) is 0 Å². The van der Waals surface area contributed by atoms with Gasteiger partial charge < -0.3 is 124 Å². The second-order valence-electron chi connectivity index (χ2n) is 25.2. The van der Waals surface area contributed by atoms with E-state index in [9.17, 15) is 74.4 Å². The van der Waals surface area contributed by atoms with Crippen LogP contribution in [-0.4, -0.2) is 326 Å². The summed E-state index contributed by atoms with van der Waals surface area (Å²) in [6, 6.07) is 0. The van der Waals surface area contributed by atoms with Crippen molar-refractivity contribution in [2.45, 2.75) is 202 Å². The largest absolute Gasteiger partial charge is 0.394 e. The van der Waals surface area contributed by atoms with E-state index < -0.39 is 112 Å². The average Bonchev–Trinajstić information content (AvgIpc) is 0.958. The lowest BCUT2D eigenvalue weighted by Crippen LogP contribution is -2.63. The van der Waals surface area contributed by atoms with E-state index >= 15 is 0 Å². The number of likely N-dealkylation sites (N-methyl/N-ethyl adjacent to an activating group) is 1. The number of carbonyl (C=O) groups is 7. The Bertz CT molecular complexity index is 2610. The SMILES string of the molecule is CCNC(=O)COCC(=O)NCCOCCOCCn1cc(CNC(=O)CCCCCO[C@H]2[C@H](O)[C@@H](O)[C@@H](OC)O[C@@H]2CO[C@H]2O[C@H](CO[C@H]3O[C@H](CO)[C@@H](O)[C@H](O)[C@H]3O)[C@@H](OCCCCCC(=O)NCCOCCOCCCC(=O)C3CCC(CN4C(=O)C=CC4=O)CC3)[C@H](O)[C@H]2O)nn1. The van der Waals surface area contributed by atoms with Crippen molar-refractivity contribution in [2.24, 2.45) is 11.8 Å². The molecule has 0 spiro atoms. The van der Waals surface area contributed by atoms with Crippen molar-refractivity contribution >= 4 is 41.2 Å². The van der Waals surface area contributed by atoms with Gasteiger partial charge >= 0.3 is 0 Å². The first-order chi connectivity index (χ1) is 48.8. The summed E-state index contributed by atoms with van der Waals surface area (Å²) >= 11 is 0. The van der Waals surface area contributed by atoms with Crippen molar-refractivity contribution in [3.63, 3.8) is 0 Å². The van der Waals surface area contributed by atoms with Crippen molar-refractivity contribution < 1.29 is 136 Å². The molecule has 12 N–H and O–H groups in total. The predicted molar refractivity (Wildman–Crippen MR) is 347 cm³/mol. The molecule has 1 aliphatic carbocycles. The third kappa shape index (κ3) is 29.7. The number of carbonyl (C=O) groups excluding carboxylic acids is 7. The van der Waals surface area contributed by atoms with Gasteiger partial charge in [0.05, 0.1) is 85.4 Å². The van der Waals surface area contributed by atoms with Crippen LogP contribution in [0.1, 0.15) is 103 Å². The van der Waals surface area contributed by atoms with Gasteiger partial charge in [0.1, 0.15) is 97.9 Å². The maximum atomic E-state index is 12.8. The second-order valence-corrected chi connectivity index (χ2v) is 25.2. The maximum Gasteiger partial charge on any atom is 0.253 e. The molecule has 4 aliphatic heterocycles. The Balaban J connectivity index is 0.837. The summed E-state index contributed by atoms with van der Waals surface area (Å²) in [5, 5.41) is 105. The van der Waals surface area contributed by atoms with Crippen molar-refractivity contribution in [2.75, 3.05) is 132 Å². The molecular formula is C65H108N8O28. The molecule has 0 aromatic carbocycles. The van der Waals surface area contributed by atoms with Crippen LogP contribution in [0.4, 0.5) is 0 Å². The van der Waals surface area contributed by atoms with E-state index in [1.54, 1.807) is 17.8 Å². The molecule has 101 heavy (non-hydrogen) atoms. The van der Waals surface area contributed by atoms with Gasteiger partial charge in [-0.25, -0.2) is 4.68 Å². The third-order valence-electron chi connectivity index (χ3n) is 17.5. The molecule has 15 atom stereocenters. The molecule has 0 unspecified atom stereocenters. The van der Waals surface area contributed by atoms with E-state index in [2.05, 4.69) is 31.6 Å². The number of nitrogens with one attached hydrogen (secondary N) is 4. The number of aromatic nitrogens is 3. The van der Waals surface area contributed by atoms with Crippen molar-refractivity contribution in [3.05, 3.63) is 24.0 Å². The van der Waals surface area contributed by atoms with Gasteiger partial charge in [-0.3, -0.25) is 38.5 Å². The highest BCUT2D eigenvalue weighted by atomic mass is 16.7. The van der Waals surface area contributed by atoms with Crippen LogP contribution in [0.2, 0.25) is 0 Å². The number of unbranched alkanes of at least 4 members (excludes halogenated alkanes) is 4. The lowest BCUT2D eigenvalue weighted by atomic mass is 9.79. The summed E-state index contributed by atoms with van der Waals surface area (Å²) in [5.41, 5.74) is 0.539. The lowest BCUT2D eigenvalue weighted by molar-refractivity contribution is -0.345. The molecule has 0 radical (unpaired) electrons. The zero-order valence-electron chi connectivity index (χ0n) is 57.8. The number of ether oxygens (including phenoxy) is 13. The summed E-state index contributed by atoms with van der Waals surface area (Å²) in [5.74, 6) is -1.24. The highest BCUT2D eigenvalue weighted by molar-refractivity contribution is 6.12. The molecule has 1 saturated carbocycles. The monoisotopic (exact) mass is 1450 g/mol. The van der Waals surface area contributed by atoms with E-state index in [1.807, 2.05) is 0 Å². The molecule has 36 heteroatoms. The molecule has 0 bridgehead atoms. The first-order valence-corrected chi connectivity index (χ1v) is 35.1. The Kier molecular flexibility index (Phi) is 39.6. The number of ketones is 1. The molecule has 4 fully saturated rings. The summed E-state index contributed by atoms with van der Waals surface area (Å²) < 4.78 is 75.6. The molecule has 5 heterocycles. The Morgan fingerprint density at radius 1 is 0.525 bits per heavy atom. The molecule has 576 valence electrons. The minimum atomic E-state index is -1.78. The standard InChI is InChI=1S/C65H108N8O28/c1-3-66-50(78)39-94-40-51(79)68-21-27-92-31-32-93-28-22-72-35-43(70-71-72)33-69-49(77)13-7-5-9-24-95-61-46(100-63(89-2)59(87)56(61)84)37-98-65-60(88)57(85)62(47(101-65)38-97-64-58(86)55(83)54(82)45(36-74)99-64)96-25-8-4-6-12-48(76)67-20-26-91-30-29-90-23-10-11-44(75)42-16-14-41(15-17-42)34-73-52(80)18-19-53(73)81/h18-19,35,41-42,45-47,54-65,74,82-88H,3-17,20-34,36-40H2,1-2H3,(H,66,78)(H,67,76)(H,68,79)(H,69,77)/t41?,42?,45-,46-,47-,54-,55+,56-,57-,58-,59-,60-,61-,62-,63+,64+,65+/m1/s1. The Hall–Kier alpha value is -5.27. The number of aliphatic hydroxyl groups excluding tert-OH is 8. The number of imide groups is 1. The molecule has 1 aromatic rings. The Morgan fingerprint density at radius 3 is 1.61 bits per heavy atom. The second kappa shape index (κ2) is 47.2. The lowest BCUT2D eigenvalue weighted by Gasteiger charge is -2.45. The van der Waals surface area contributed by atoms with Crippen LogP contribution in [0.15, 0.2) is 18.3 Å². The smallest absolute Gasteiger partial charge is 0.253 e. The molecule has 1 aromatic heterocycles. The summed E-state index contributed by atoms with van der Waals surface area (Å²) in [6.45, 7) is 4.17. The number of Topliss-reactive ketones (excluding diaryl/α,β-unsaturated/α-hetero) is 1. The average molecular weight is 1450 g/mol. The molecule has 36 nitrogen and oxygen atoms in total. The van der Waals surface area contributed by atoms with Crippen molar-refractivity contribution in [1.82, 2.24) is 41.2 Å². The number of amides is 6. The summed E-state index contributed by atoms with van der Waals surface area (Å²) in [7, 11) is 1.26. The number of hydrogen-bond donors (Lipinski definition) is 12. The van der Waals surface area contributed by atoms with E-state index in [0.717, 1.165) is 25.7 Å². The van der Waals surface area contributed by atoms with Gasteiger partial charge in [0.15, 0.2) is 18.9 Å². The number of methoxy groups -OCH3 is 1. The van der Waals surface area contributed by atoms with Crippen LogP contribution in [0.25, 0.3) is 0 Å². The zero-order chi connectivity index (χ0) is 72.9. The minimum Gasteiger partial charge on any atom is -0.394 e. The van der Waals surface area contributed by atoms with Crippen LogP contribution in [0.5, 0.6) is 0 Å². The molecule has 6 rings (SSSR count). The number of hydrogen-bond acceptors (Lipinski definition) is 30. The van der Waals surface area contributed by atoms with Crippen molar-refractivity contribution in [1.29, 1.82) is 0 Å². The van der Waals surface area contributed by atoms with E-state index in [1.165, 1.54) is 24.2 Å². The fourth-order valence-electron chi connectivity index (χ4n) is 11.8. The quantitative estimate of drug-likeness (QED) is 0.0217. The van der Waals surface area contributed by atoms with Gasteiger partial charge in [0, 0.05) is 90.4 Å². The highest BCUT2D eigenvalue weighted by Crippen LogP contribution is 2.33. The van der Waals surface area contributed by atoms with Gasteiger partial charge in [-0.2, -0.15) is 0 Å². The van der Waals surface area contributed by atoms with Crippen LogP contribution in [0, 0.1) is 11.8 Å². The fourth-order valence-corrected chi connectivity index (χ4v) is 11.8. The maximum absolute atomic E-state index is 12.8. The van der Waals surface area contributed by atoms with Crippen molar-refractivity contribution in [3.8, 4) is 0 Å². The molecule has 3 saturated heterocycles. The van der Waals surface area contributed by atoms with E-state index in [4.69, 9.17) is 61.6 Å². The topological polar surface area (TPSA) is 483 Å². The molecular weight excluding hydrogens is 1340 g/mol. The number of rotatable bonds is 51. The highest BCUT2D eigenvalue weighted by Gasteiger charge is 2.51. The first-order valence-electron chi connectivity index (χ1n) is 35.1. The summed E-state index contributed by atoms with van der Waals surface area (Å²) in [6.07, 6.45) is -11.0. The van der Waals surface area contributed by atoms with E-state index in [0.29, 0.717) is 116 Å². The number of nitrogens with zero attached hydrogens (tertiary/aromatic N) is 4. The van der Waals surface area contributed by atoms with E-state index in [-0.39, 0.29) is 125 Å². The van der Waals surface area contributed by atoms with Crippen LogP contribution < -0.4 is 21.3 Å². The first kappa shape index (κ1) is 84.7. The van der Waals surface area contributed by atoms with Crippen LogP contribution >= 0.6 is 0 Å². The van der Waals surface area contributed by atoms with Crippen LogP contribution in [-0.2, 0) is 108 Å². The summed E-state index contributed by atoms with van der Waals surface area (Å²) in [4.78, 5) is 86.3. The fraction of sp³-hybridized carbons (Fsp3) is 0.831. The van der Waals surface area contributed by atoms with Gasteiger partial charge in [-0.15, -0.1) is 5.10 Å². The van der Waals surface area contributed by atoms with Gasteiger partial charge in [0.25, 0.3) is 11.8 Å². The molecule has 6 amide bonds. The Morgan fingerprint density at radius 2 is 1.04 bits per heavy atom. The van der Waals surface area contributed by atoms with Gasteiger partial charge in [-0.1, -0.05) is 18.1 Å². The minimum absolute atomic E-state index is 0.0161. The molecule has 5 aliphatic rings. The Labute approximate surface area is 586 Å². The van der Waals surface area contributed by atoms with Gasteiger partial charge in [0.2, 0.25) is 23.6 Å². The number of aliphatic hydroxyl groups is 8. The van der Waals surface area contributed by atoms with Gasteiger partial charge in [-0.05, 0) is 70.6 Å². The predicted octanol–water partition coefficient (Wildman–Crippen LogP) is -4.31. The third-order valence-corrected chi connectivity index (χ3v) is 17.5. The zero-order valence-corrected chi connectivity index (χ0v) is 57.8. The normalized spacial score (nSPS) is 28.3.